The molecule has 0 saturated heterocycles. The lowest BCUT2D eigenvalue weighted by Crippen LogP contribution is -2.37. The first-order valence-corrected chi connectivity index (χ1v) is 5.40. The predicted octanol–water partition coefficient (Wildman–Crippen LogP) is 2.79. The number of carboxylic acid groups (broad SMARTS) is 1. The molecule has 82 valence electrons. The standard InChI is InChI=1S/C11H13BrO3/c1-3-11(15-2,10(13)14)8-4-6-9(12)7-5-8/h4-7H,3H2,1-2H3,(H,13,14). The van der Waals surface area contributed by atoms with Crippen LogP contribution >= 0.6 is 15.9 Å². The molecule has 0 aliphatic carbocycles. The summed E-state index contributed by atoms with van der Waals surface area (Å²) in [6, 6.07) is 7.12. The Kier molecular flexibility index (Phi) is 3.88. The van der Waals surface area contributed by atoms with Gasteiger partial charge in [-0.2, -0.15) is 0 Å². The number of carboxylic acids is 1. The van der Waals surface area contributed by atoms with Crippen LogP contribution in [0.3, 0.4) is 0 Å². The van der Waals surface area contributed by atoms with E-state index in [1.807, 2.05) is 12.1 Å². The SMILES string of the molecule is CCC(OC)(C(=O)O)c1ccc(Br)cc1. The van der Waals surface area contributed by atoms with Gasteiger partial charge in [-0.3, -0.25) is 0 Å². The monoisotopic (exact) mass is 272 g/mol. The molecule has 1 aromatic carbocycles. The lowest BCUT2D eigenvalue weighted by Gasteiger charge is -2.26. The van der Waals surface area contributed by atoms with E-state index in [4.69, 9.17) is 4.74 Å². The largest absolute Gasteiger partial charge is 0.479 e. The molecular formula is C11H13BrO3. The van der Waals surface area contributed by atoms with E-state index in [1.54, 1.807) is 19.1 Å². The third-order valence-corrected chi connectivity index (χ3v) is 3.03. The van der Waals surface area contributed by atoms with Crippen LogP contribution in [0.5, 0.6) is 0 Å². The van der Waals surface area contributed by atoms with E-state index in [9.17, 15) is 9.90 Å². The predicted molar refractivity (Wildman–Crippen MR) is 60.8 cm³/mol. The van der Waals surface area contributed by atoms with Crippen LogP contribution in [0.4, 0.5) is 0 Å². The Morgan fingerprint density at radius 3 is 2.33 bits per heavy atom. The summed E-state index contributed by atoms with van der Waals surface area (Å²) in [7, 11) is 1.42. The van der Waals surface area contributed by atoms with Crippen molar-refractivity contribution in [3.63, 3.8) is 0 Å². The summed E-state index contributed by atoms with van der Waals surface area (Å²) in [5.74, 6) is -0.963. The summed E-state index contributed by atoms with van der Waals surface area (Å²) in [6.45, 7) is 1.79. The maximum Gasteiger partial charge on any atom is 0.340 e. The minimum atomic E-state index is -1.24. The van der Waals surface area contributed by atoms with Crippen molar-refractivity contribution in [1.29, 1.82) is 0 Å². The van der Waals surface area contributed by atoms with Crippen molar-refractivity contribution in [2.24, 2.45) is 0 Å². The molecule has 0 radical (unpaired) electrons. The lowest BCUT2D eigenvalue weighted by molar-refractivity contribution is -0.164. The van der Waals surface area contributed by atoms with Gasteiger partial charge >= 0.3 is 5.97 Å². The zero-order valence-corrected chi connectivity index (χ0v) is 10.2. The van der Waals surface area contributed by atoms with Gasteiger partial charge in [0.05, 0.1) is 0 Å². The molecule has 0 amide bonds. The van der Waals surface area contributed by atoms with Gasteiger partial charge in [-0.1, -0.05) is 35.0 Å². The first kappa shape index (κ1) is 12.2. The topological polar surface area (TPSA) is 46.5 Å². The number of rotatable bonds is 4. The van der Waals surface area contributed by atoms with Gasteiger partial charge in [-0.25, -0.2) is 4.79 Å². The fraction of sp³-hybridized carbons (Fsp3) is 0.364. The van der Waals surface area contributed by atoms with Crippen molar-refractivity contribution >= 4 is 21.9 Å². The molecule has 0 fully saturated rings. The highest BCUT2D eigenvalue weighted by molar-refractivity contribution is 9.10. The maximum atomic E-state index is 11.2. The molecule has 1 rings (SSSR count). The molecule has 0 heterocycles. The molecule has 15 heavy (non-hydrogen) atoms. The van der Waals surface area contributed by atoms with Gasteiger partial charge in [-0.15, -0.1) is 0 Å². The summed E-state index contributed by atoms with van der Waals surface area (Å²) in [5.41, 5.74) is -0.580. The van der Waals surface area contributed by atoms with E-state index in [0.717, 1.165) is 4.47 Å². The molecule has 0 aliphatic heterocycles. The fourth-order valence-electron chi connectivity index (χ4n) is 1.55. The van der Waals surface area contributed by atoms with Crippen LogP contribution in [0.1, 0.15) is 18.9 Å². The highest BCUT2D eigenvalue weighted by atomic mass is 79.9. The molecule has 1 N–H and O–H groups in total. The van der Waals surface area contributed by atoms with Crippen molar-refractivity contribution in [2.75, 3.05) is 7.11 Å². The highest BCUT2D eigenvalue weighted by Crippen LogP contribution is 2.30. The Morgan fingerprint density at radius 1 is 1.47 bits per heavy atom. The number of halogens is 1. The smallest absolute Gasteiger partial charge is 0.340 e. The second-order valence-corrected chi connectivity index (χ2v) is 4.11. The molecule has 0 spiro atoms. The van der Waals surface area contributed by atoms with E-state index >= 15 is 0 Å². The number of hydrogen-bond acceptors (Lipinski definition) is 2. The normalized spacial score (nSPS) is 14.6. The molecule has 0 aliphatic rings. The van der Waals surface area contributed by atoms with Crippen molar-refractivity contribution in [1.82, 2.24) is 0 Å². The summed E-state index contributed by atoms with van der Waals surface area (Å²) in [5, 5.41) is 9.21. The van der Waals surface area contributed by atoms with Crippen molar-refractivity contribution < 1.29 is 14.6 Å². The molecule has 0 saturated carbocycles. The van der Waals surface area contributed by atoms with Crippen molar-refractivity contribution in [3.8, 4) is 0 Å². The van der Waals surface area contributed by atoms with E-state index in [1.165, 1.54) is 7.11 Å². The van der Waals surface area contributed by atoms with Gasteiger partial charge in [0.25, 0.3) is 0 Å². The number of ether oxygens (including phenoxy) is 1. The summed E-state index contributed by atoms with van der Waals surface area (Å²) >= 11 is 3.30. The zero-order valence-electron chi connectivity index (χ0n) is 8.66. The number of aliphatic carboxylic acids is 1. The second-order valence-electron chi connectivity index (χ2n) is 3.20. The summed E-state index contributed by atoms with van der Waals surface area (Å²) < 4.78 is 6.07. The Balaban J connectivity index is 3.20. The molecule has 1 atom stereocenters. The zero-order chi connectivity index (χ0) is 11.5. The molecule has 0 bridgehead atoms. The quantitative estimate of drug-likeness (QED) is 0.917. The molecule has 0 aromatic heterocycles. The Labute approximate surface area is 97.2 Å². The number of methoxy groups -OCH3 is 1. The minimum Gasteiger partial charge on any atom is -0.479 e. The highest BCUT2D eigenvalue weighted by Gasteiger charge is 2.38. The molecule has 1 aromatic rings. The van der Waals surface area contributed by atoms with Crippen LogP contribution < -0.4 is 0 Å². The molecule has 4 heteroatoms. The van der Waals surface area contributed by atoms with Gasteiger partial charge < -0.3 is 9.84 Å². The number of benzene rings is 1. The van der Waals surface area contributed by atoms with E-state index in [0.29, 0.717) is 12.0 Å². The fourth-order valence-corrected chi connectivity index (χ4v) is 1.81. The van der Waals surface area contributed by atoms with Crippen LogP contribution in [0.25, 0.3) is 0 Å². The Bertz CT molecular complexity index is 341. The van der Waals surface area contributed by atoms with Crippen LogP contribution in [0, 0.1) is 0 Å². The van der Waals surface area contributed by atoms with Gasteiger partial charge in [0.2, 0.25) is 0 Å². The van der Waals surface area contributed by atoms with Gasteiger partial charge in [0.15, 0.2) is 5.60 Å². The average molecular weight is 273 g/mol. The average Bonchev–Trinajstić information content (AvgIpc) is 2.22. The first-order valence-electron chi connectivity index (χ1n) is 4.61. The Morgan fingerprint density at radius 2 is 2.00 bits per heavy atom. The van der Waals surface area contributed by atoms with E-state index in [-0.39, 0.29) is 0 Å². The van der Waals surface area contributed by atoms with Crippen molar-refractivity contribution in [3.05, 3.63) is 34.3 Å². The number of carbonyl (C=O) groups is 1. The van der Waals surface area contributed by atoms with Crippen LogP contribution in [-0.2, 0) is 15.1 Å². The molecular weight excluding hydrogens is 260 g/mol. The molecule has 1 unspecified atom stereocenters. The number of hydrogen-bond donors (Lipinski definition) is 1. The summed E-state index contributed by atoms with van der Waals surface area (Å²) in [6.07, 6.45) is 0.389. The first-order chi connectivity index (χ1) is 7.06. The molecule has 3 nitrogen and oxygen atoms in total. The van der Waals surface area contributed by atoms with Gasteiger partial charge in [-0.05, 0) is 24.1 Å². The van der Waals surface area contributed by atoms with Crippen LogP contribution in [0.15, 0.2) is 28.7 Å². The Hall–Kier alpha value is -0.870. The van der Waals surface area contributed by atoms with Gasteiger partial charge in [0.1, 0.15) is 0 Å². The third kappa shape index (κ3) is 2.21. The van der Waals surface area contributed by atoms with E-state index < -0.39 is 11.6 Å². The second kappa shape index (κ2) is 4.77. The lowest BCUT2D eigenvalue weighted by atomic mass is 9.91. The van der Waals surface area contributed by atoms with Gasteiger partial charge in [0, 0.05) is 11.6 Å². The van der Waals surface area contributed by atoms with Crippen molar-refractivity contribution in [2.45, 2.75) is 18.9 Å². The minimum absolute atomic E-state index is 0.389. The van der Waals surface area contributed by atoms with Crippen LogP contribution in [0.2, 0.25) is 0 Å². The summed E-state index contributed by atoms with van der Waals surface area (Å²) in [4.78, 5) is 11.2. The third-order valence-electron chi connectivity index (χ3n) is 2.50. The maximum absolute atomic E-state index is 11.2. The van der Waals surface area contributed by atoms with E-state index in [2.05, 4.69) is 15.9 Å². The van der Waals surface area contributed by atoms with Crippen LogP contribution in [-0.4, -0.2) is 18.2 Å².